The Morgan fingerprint density at radius 2 is 1.70 bits per heavy atom. The maximum absolute atomic E-state index is 12.4. The minimum atomic E-state index is -0.374. The lowest BCUT2D eigenvalue weighted by Crippen LogP contribution is -2.50. The summed E-state index contributed by atoms with van der Waals surface area (Å²) in [6.45, 7) is 7.75. The summed E-state index contributed by atoms with van der Waals surface area (Å²) in [6.07, 6.45) is 3.15. The maximum Gasteiger partial charge on any atom is 0.315 e. The molecule has 1 saturated heterocycles. The molecule has 1 heterocycles. The van der Waals surface area contributed by atoms with Gasteiger partial charge in [0.05, 0.1) is 13.2 Å². The first-order valence-electron chi connectivity index (χ1n) is 10.8. The molecule has 0 radical (unpaired) electrons. The van der Waals surface area contributed by atoms with E-state index >= 15 is 0 Å². The fraction of sp³-hybridized carbons (Fsp3) is 0.591. The molecule has 1 aliphatic heterocycles. The zero-order valence-corrected chi connectivity index (χ0v) is 18.2. The molecule has 3 N–H and O–H groups in total. The summed E-state index contributed by atoms with van der Waals surface area (Å²) in [5.41, 5.74) is 0.639. The first kappa shape index (κ1) is 23.5. The van der Waals surface area contributed by atoms with E-state index in [1.165, 1.54) is 0 Å². The number of benzene rings is 1. The summed E-state index contributed by atoms with van der Waals surface area (Å²) in [6, 6.07) is 6.69. The minimum Gasteiger partial charge on any atom is -0.494 e. The smallest absolute Gasteiger partial charge is 0.315 e. The quantitative estimate of drug-likeness (QED) is 0.574. The van der Waals surface area contributed by atoms with Crippen molar-refractivity contribution in [3.05, 3.63) is 24.3 Å². The van der Waals surface area contributed by atoms with Crippen molar-refractivity contribution in [1.82, 2.24) is 15.5 Å². The topological polar surface area (TPSA) is 99.8 Å². The molecule has 1 fully saturated rings. The van der Waals surface area contributed by atoms with Gasteiger partial charge in [-0.3, -0.25) is 9.59 Å². The Morgan fingerprint density at radius 1 is 1.07 bits per heavy atom. The normalized spacial score (nSPS) is 14.3. The molecule has 8 nitrogen and oxygen atoms in total. The van der Waals surface area contributed by atoms with Crippen LogP contribution < -0.4 is 20.7 Å². The lowest BCUT2D eigenvalue weighted by atomic mass is 9.98. The first-order chi connectivity index (χ1) is 14.5. The van der Waals surface area contributed by atoms with Crippen molar-refractivity contribution in [2.75, 3.05) is 31.6 Å². The number of anilines is 1. The number of likely N-dealkylation sites (tertiary alicyclic amines) is 1. The zero-order valence-electron chi connectivity index (χ0n) is 18.2. The van der Waals surface area contributed by atoms with Gasteiger partial charge in [0.15, 0.2) is 0 Å². The standard InChI is InChI=1S/C22H34N4O4/c1-4-16(5-2)21(28)26-13-11-18(12-14-26)25-22(29)23-15-20(27)24-17-7-9-19(10-8-17)30-6-3/h7-10,16,18H,4-6,11-15H2,1-3H3,(H,24,27)(H2,23,25,29). The van der Waals surface area contributed by atoms with Crippen LogP contribution in [0.15, 0.2) is 24.3 Å². The van der Waals surface area contributed by atoms with Crippen LogP contribution in [-0.4, -0.2) is 55.0 Å². The van der Waals surface area contributed by atoms with Crippen LogP contribution in [0.1, 0.15) is 46.5 Å². The van der Waals surface area contributed by atoms with Gasteiger partial charge in [-0.1, -0.05) is 13.8 Å². The average molecular weight is 419 g/mol. The van der Waals surface area contributed by atoms with E-state index in [4.69, 9.17) is 4.74 Å². The number of nitrogens with one attached hydrogen (secondary N) is 3. The number of nitrogens with zero attached hydrogens (tertiary/aromatic N) is 1. The molecular weight excluding hydrogens is 384 g/mol. The van der Waals surface area contributed by atoms with Crippen molar-refractivity contribution in [2.45, 2.75) is 52.5 Å². The Balaban J connectivity index is 1.67. The second-order valence-electron chi connectivity index (χ2n) is 7.45. The Morgan fingerprint density at radius 3 is 2.27 bits per heavy atom. The predicted molar refractivity (Wildman–Crippen MR) is 116 cm³/mol. The van der Waals surface area contributed by atoms with Crippen LogP contribution in [0.25, 0.3) is 0 Å². The molecule has 30 heavy (non-hydrogen) atoms. The van der Waals surface area contributed by atoms with Crippen LogP contribution in [0.5, 0.6) is 5.75 Å². The first-order valence-corrected chi connectivity index (χ1v) is 10.8. The summed E-state index contributed by atoms with van der Waals surface area (Å²) in [7, 11) is 0. The average Bonchev–Trinajstić information content (AvgIpc) is 2.75. The summed E-state index contributed by atoms with van der Waals surface area (Å²) in [5.74, 6) is 0.737. The minimum absolute atomic E-state index is 0.00456. The fourth-order valence-electron chi connectivity index (χ4n) is 3.54. The molecule has 0 spiro atoms. The number of hydrogen-bond acceptors (Lipinski definition) is 4. The second-order valence-corrected chi connectivity index (χ2v) is 7.45. The highest BCUT2D eigenvalue weighted by Crippen LogP contribution is 2.17. The third-order valence-corrected chi connectivity index (χ3v) is 5.34. The van der Waals surface area contributed by atoms with Gasteiger partial charge < -0.3 is 25.6 Å². The van der Waals surface area contributed by atoms with Crippen LogP contribution >= 0.6 is 0 Å². The predicted octanol–water partition coefficient (Wildman–Crippen LogP) is 2.75. The Hall–Kier alpha value is -2.77. The molecule has 1 aromatic rings. The number of rotatable bonds is 9. The molecule has 1 aromatic carbocycles. The number of carbonyl (C=O) groups excluding carboxylic acids is 3. The monoisotopic (exact) mass is 418 g/mol. The van der Waals surface area contributed by atoms with Crippen LogP contribution in [0, 0.1) is 5.92 Å². The molecular formula is C22H34N4O4. The van der Waals surface area contributed by atoms with Gasteiger partial charge >= 0.3 is 6.03 Å². The zero-order chi connectivity index (χ0) is 21.9. The molecule has 166 valence electrons. The summed E-state index contributed by atoms with van der Waals surface area (Å²) < 4.78 is 5.36. The van der Waals surface area contributed by atoms with Gasteiger partial charge in [0.2, 0.25) is 11.8 Å². The summed E-state index contributed by atoms with van der Waals surface area (Å²) in [5, 5.41) is 8.21. The van der Waals surface area contributed by atoms with Gasteiger partial charge in [-0.05, 0) is 56.9 Å². The van der Waals surface area contributed by atoms with E-state index in [0.29, 0.717) is 25.4 Å². The lowest BCUT2D eigenvalue weighted by molar-refractivity contribution is -0.136. The third kappa shape index (κ3) is 7.24. The maximum atomic E-state index is 12.4. The van der Waals surface area contributed by atoms with Crippen LogP contribution in [0.4, 0.5) is 10.5 Å². The number of piperidine rings is 1. The number of ether oxygens (including phenoxy) is 1. The van der Waals surface area contributed by atoms with Crippen LogP contribution in [0.2, 0.25) is 0 Å². The van der Waals surface area contributed by atoms with Crippen LogP contribution in [-0.2, 0) is 9.59 Å². The molecule has 0 atom stereocenters. The molecule has 0 bridgehead atoms. The lowest BCUT2D eigenvalue weighted by Gasteiger charge is -2.34. The van der Waals surface area contributed by atoms with Gasteiger partial charge in [-0.25, -0.2) is 4.79 Å². The molecule has 1 aliphatic rings. The largest absolute Gasteiger partial charge is 0.494 e. The van der Waals surface area contributed by atoms with E-state index in [1.54, 1.807) is 24.3 Å². The van der Waals surface area contributed by atoms with Crippen molar-refractivity contribution in [1.29, 1.82) is 0 Å². The fourth-order valence-corrected chi connectivity index (χ4v) is 3.54. The van der Waals surface area contributed by atoms with Crippen molar-refractivity contribution in [3.63, 3.8) is 0 Å². The van der Waals surface area contributed by atoms with Gasteiger partial charge in [-0.2, -0.15) is 0 Å². The van der Waals surface area contributed by atoms with Crippen LogP contribution in [0.3, 0.4) is 0 Å². The molecule has 0 unspecified atom stereocenters. The molecule has 0 aliphatic carbocycles. The molecule has 0 aromatic heterocycles. The summed E-state index contributed by atoms with van der Waals surface area (Å²) >= 11 is 0. The molecule has 8 heteroatoms. The van der Waals surface area contributed by atoms with E-state index in [9.17, 15) is 14.4 Å². The third-order valence-electron chi connectivity index (χ3n) is 5.34. The Labute approximate surface area is 178 Å². The number of urea groups is 1. The van der Waals surface area contributed by atoms with E-state index in [0.717, 1.165) is 31.4 Å². The van der Waals surface area contributed by atoms with Gasteiger partial charge in [0.25, 0.3) is 0 Å². The Bertz CT molecular complexity index is 696. The van der Waals surface area contributed by atoms with Crippen molar-refractivity contribution in [3.8, 4) is 5.75 Å². The van der Waals surface area contributed by atoms with Crippen molar-refractivity contribution >= 4 is 23.5 Å². The number of amides is 4. The number of carbonyl (C=O) groups is 3. The van der Waals surface area contributed by atoms with E-state index in [2.05, 4.69) is 16.0 Å². The molecule has 4 amide bonds. The van der Waals surface area contributed by atoms with Crippen molar-refractivity contribution in [2.24, 2.45) is 5.92 Å². The Kier molecular flexibility index (Phi) is 9.44. The van der Waals surface area contributed by atoms with Crippen molar-refractivity contribution < 1.29 is 19.1 Å². The highest BCUT2D eigenvalue weighted by molar-refractivity contribution is 5.94. The SMILES string of the molecule is CCOc1ccc(NC(=O)CNC(=O)NC2CCN(C(=O)C(CC)CC)CC2)cc1. The van der Waals surface area contributed by atoms with E-state index in [1.807, 2.05) is 25.7 Å². The molecule has 2 rings (SSSR count). The summed E-state index contributed by atoms with van der Waals surface area (Å²) in [4.78, 5) is 38.5. The van der Waals surface area contributed by atoms with Gasteiger partial charge in [0, 0.05) is 30.7 Å². The highest BCUT2D eigenvalue weighted by Gasteiger charge is 2.27. The molecule has 0 saturated carbocycles. The van der Waals surface area contributed by atoms with Gasteiger partial charge in [0.1, 0.15) is 5.75 Å². The highest BCUT2D eigenvalue weighted by atomic mass is 16.5. The second kappa shape index (κ2) is 12.0. The van der Waals surface area contributed by atoms with Gasteiger partial charge in [-0.15, -0.1) is 0 Å². The number of hydrogen-bond donors (Lipinski definition) is 3. The van der Waals surface area contributed by atoms with E-state index in [-0.39, 0.29) is 36.3 Å². The van der Waals surface area contributed by atoms with E-state index < -0.39 is 0 Å².